The van der Waals surface area contributed by atoms with Gasteiger partial charge in [0.25, 0.3) is 0 Å². The summed E-state index contributed by atoms with van der Waals surface area (Å²) in [5.74, 6) is 0.202. The van der Waals surface area contributed by atoms with Gasteiger partial charge in [0, 0.05) is 45.7 Å². The number of ketones is 1. The Morgan fingerprint density at radius 3 is 2.35 bits per heavy atom. The van der Waals surface area contributed by atoms with Gasteiger partial charge in [-0.05, 0) is 17.7 Å². The summed E-state index contributed by atoms with van der Waals surface area (Å²) in [4.78, 5) is 17.8. The summed E-state index contributed by atoms with van der Waals surface area (Å²) in [7, 11) is 0. The number of hydrogen-bond acceptors (Lipinski definition) is 4. The smallest absolute Gasteiger partial charge is 0.174 e. The molecule has 2 heterocycles. The lowest BCUT2D eigenvalue weighted by Crippen LogP contribution is -2.46. The van der Waals surface area contributed by atoms with E-state index in [-0.39, 0.29) is 5.78 Å². The molecule has 1 saturated heterocycles. The maximum atomic E-state index is 12.1. The average molecular weight is 349 g/mol. The number of rotatable bonds is 6. The van der Waals surface area contributed by atoms with Crippen LogP contribution in [0.5, 0.6) is 0 Å². The molecule has 1 aromatic carbocycles. The van der Waals surface area contributed by atoms with Crippen LogP contribution in [0.1, 0.15) is 21.7 Å². The Morgan fingerprint density at radius 1 is 1.00 bits per heavy atom. The molecule has 0 spiro atoms. The van der Waals surface area contributed by atoms with Crippen molar-refractivity contribution < 1.29 is 4.79 Å². The van der Waals surface area contributed by atoms with Crippen LogP contribution in [-0.2, 0) is 6.54 Å². The predicted molar refractivity (Wildman–Crippen MR) is 96.4 cm³/mol. The van der Waals surface area contributed by atoms with Crippen LogP contribution >= 0.6 is 22.9 Å². The first-order chi connectivity index (χ1) is 11.2. The van der Waals surface area contributed by atoms with Crippen LogP contribution in [0.2, 0.25) is 4.34 Å². The topological polar surface area (TPSA) is 23.6 Å². The van der Waals surface area contributed by atoms with Gasteiger partial charge in [0.1, 0.15) is 0 Å². The molecule has 0 bridgehead atoms. The molecule has 1 aromatic heterocycles. The number of nitrogens with zero attached hydrogens (tertiary/aromatic N) is 2. The molecule has 0 aliphatic carbocycles. The van der Waals surface area contributed by atoms with E-state index in [2.05, 4.69) is 40.1 Å². The molecule has 2 aromatic rings. The van der Waals surface area contributed by atoms with Gasteiger partial charge in [-0.1, -0.05) is 41.9 Å². The minimum atomic E-state index is 0.202. The van der Waals surface area contributed by atoms with Crippen molar-refractivity contribution in [2.75, 3.05) is 32.7 Å². The lowest BCUT2D eigenvalue weighted by molar-refractivity contribution is 0.0926. The van der Waals surface area contributed by atoms with Gasteiger partial charge in [-0.25, -0.2) is 0 Å². The lowest BCUT2D eigenvalue weighted by atomic mass is 10.2. The first kappa shape index (κ1) is 16.7. The molecule has 122 valence electrons. The van der Waals surface area contributed by atoms with Crippen LogP contribution < -0.4 is 0 Å². The van der Waals surface area contributed by atoms with Crippen molar-refractivity contribution in [2.24, 2.45) is 0 Å². The largest absolute Gasteiger partial charge is 0.300 e. The molecule has 5 heteroatoms. The van der Waals surface area contributed by atoms with E-state index in [1.165, 1.54) is 16.9 Å². The van der Waals surface area contributed by atoms with Crippen LogP contribution in [0.15, 0.2) is 42.5 Å². The molecule has 0 amide bonds. The molecule has 1 fully saturated rings. The summed E-state index contributed by atoms with van der Waals surface area (Å²) >= 11 is 7.26. The summed E-state index contributed by atoms with van der Waals surface area (Å²) in [6.07, 6.45) is 0.579. The fourth-order valence-electron chi connectivity index (χ4n) is 2.86. The van der Waals surface area contributed by atoms with Gasteiger partial charge >= 0.3 is 0 Å². The molecule has 0 atom stereocenters. The summed E-state index contributed by atoms with van der Waals surface area (Å²) in [6, 6.07) is 14.2. The molecule has 3 rings (SSSR count). The Morgan fingerprint density at radius 2 is 1.70 bits per heavy atom. The third-order valence-electron chi connectivity index (χ3n) is 4.22. The highest BCUT2D eigenvalue weighted by Crippen LogP contribution is 2.22. The molecule has 3 nitrogen and oxygen atoms in total. The van der Waals surface area contributed by atoms with E-state index < -0.39 is 0 Å². The van der Waals surface area contributed by atoms with Crippen LogP contribution in [0.3, 0.4) is 0 Å². The van der Waals surface area contributed by atoms with Crippen molar-refractivity contribution in [1.82, 2.24) is 9.80 Å². The van der Waals surface area contributed by atoms with Gasteiger partial charge in [0.2, 0.25) is 0 Å². The number of hydrogen-bond donors (Lipinski definition) is 0. The predicted octanol–water partition coefficient (Wildman–Crippen LogP) is 3.79. The van der Waals surface area contributed by atoms with Crippen LogP contribution in [-0.4, -0.2) is 48.3 Å². The molecule has 0 saturated carbocycles. The Balaban J connectivity index is 1.40. The summed E-state index contributed by atoms with van der Waals surface area (Å²) < 4.78 is 0.683. The zero-order valence-electron chi connectivity index (χ0n) is 13.1. The highest BCUT2D eigenvalue weighted by molar-refractivity contribution is 7.18. The first-order valence-electron chi connectivity index (χ1n) is 7.98. The molecule has 1 aliphatic heterocycles. The fraction of sp³-hybridized carbons (Fsp3) is 0.389. The van der Waals surface area contributed by atoms with E-state index in [1.807, 2.05) is 6.07 Å². The summed E-state index contributed by atoms with van der Waals surface area (Å²) in [5.41, 5.74) is 1.37. The van der Waals surface area contributed by atoms with Crippen LogP contribution in [0, 0.1) is 0 Å². The maximum absolute atomic E-state index is 12.1. The van der Waals surface area contributed by atoms with Gasteiger partial charge in [-0.3, -0.25) is 9.69 Å². The molecule has 0 N–H and O–H groups in total. The van der Waals surface area contributed by atoms with E-state index >= 15 is 0 Å². The highest BCUT2D eigenvalue weighted by atomic mass is 35.5. The Kier molecular flexibility index (Phi) is 5.84. The van der Waals surface area contributed by atoms with Crippen LogP contribution in [0.25, 0.3) is 0 Å². The van der Waals surface area contributed by atoms with Crippen LogP contribution in [0.4, 0.5) is 0 Å². The third-order valence-corrected chi connectivity index (χ3v) is 5.49. The van der Waals surface area contributed by atoms with Crippen molar-refractivity contribution >= 4 is 28.7 Å². The second-order valence-corrected chi connectivity index (χ2v) is 7.60. The van der Waals surface area contributed by atoms with Crippen molar-refractivity contribution in [3.8, 4) is 0 Å². The summed E-state index contributed by atoms with van der Waals surface area (Å²) in [6.45, 7) is 6.05. The number of thiophene rings is 1. The second kappa shape index (κ2) is 8.06. The number of benzene rings is 1. The van der Waals surface area contributed by atoms with Crippen molar-refractivity contribution in [3.05, 3.63) is 57.2 Å². The minimum Gasteiger partial charge on any atom is -0.300 e. The molecular weight excluding hydrogens is 328 g/mol. The number of halogens is 1. The number of piperazine rings is 1. The van der Waals surface area contributed by atoms with Gasteiger partial charge < -0.3 is 4.90 Å². The molecule has 0 unspecified atom stereocenters. The summed E-state index contributed by atoms with van der Waals surface area (Å²) in [5, 5.41) is 0. The quantitative estimate of drug-likeness (QED) is 0.742. The van der Waals surface area contributed by atoms with E-state index in [9.17, 15) is 4.79 Å². The molecule has 23 heavy (non-hydrogen) atoms. The monoisotopic (exact) mass is 348 g/mol. The zero-order valence-corrected chi connectivity index (χ0v) is 14.7. The molecule has 0 radical (unpaired) electrons. The zero-order chi connectivity index (χ0) is 16.1. The van der Waals surface area contributed by atoms with E-state index in [0.29, 0.717) is 10.8 Å². The number of carbonyl (C=O) groups is 1. The fourth-order valence-corrected chi connectivity index (χ4v) is 3.87. The SMILES string of the molecule is O=C(CCN1CCN(Cc2ccccc2)CC1)c1ccc(Cl)s1. The van der Waals surface area contributed by atoms with Crippen molar-refractivity contribution in [3.63, 3.8) is 0 Å². The average Bonchev–Trinajstić information content (AvgIpc) is 3.01. The van der Waals surface area contributed by atoms with Crippen molar-refractivity contribution in [1.29, 1.82) is 0 Å². The number of carbonyl (C=O) groups excluding carboxylic acids is 1. The standard InChI is InChI=1S/C18H21ClN2OS/c19-18-7-6-17(23-18)16(22)8-9-20-10-12-21(13-11-20)14-15-4-2-1-3-5-15/h1-7H,8-14H2. The van der Waals surface area contributed by atoms with E-state index in [4.69, 9.17) is 11.6 Å². The Hall–Kier alpha value is -1.20. The third kappa shape index (κ3) is 4.88. The van der Waals surface area contributed by atoms with Gasteiger partial charge in [-0.15, -0.1) is 11.3 Å². The first-order valence-corrected chi connectivity index (χ1v) is 9.17. The lowest BCUT2D eigenvalue weighted by Gasteiger charge is -2.34. The van der Waals surface area contributed by atoms with Gasteiger partial charge in [0.15, 0.2) is 5.78 Å². The number of Topliss-reactive ketones (excluding diaryl/α,β-unsaturated/α-hetero) is 1. The molecule has 1 aliphatic rings. The Bertz CT molecular complexity index is 635. The highest BCUT2D eigenvalue weighted by Gasteiger charge is 2.18. The minimum absolute atomic E-state index is 0.202. The van der Waals surface area contributed by atoms with Gasteiger partial charge in [0.05, 0.1) is 9.21 Å². The molecular formula is C18H21ClN2OS. The second-order valence-electron chi connectivity index (χ2n) is 5.88. The van der Waals surface area contributed by atoms with E-state index in [1.54, 1.807) is 6.07 Å². The maximum Gasteiger partial charge on any atom is 0.174 e. The normalized spacial score (nSPS) is 16.6. The Labute approximate surface area is 146 Å². The van der Waals surface area contributed by atoms with E-state index in [0.717, 1.165) is 44.1 Å². The van der Waals surface area contributed by atoms with Crippen molar-refractivity contribution in [2.45, 2.75) is 13.0 Å². The van der Waals surface area contributed by atoms with Gasteiger partial charge in [-0.2, -0.15) is 0 Å².